The Kier molecular flexibility index (Phi) is 12.6. The molecule has 0 heterocycles. The van der Waals surface area contributed by atoms with Crippen LogP contribution in [-0.2, 0) is 0 Å². The molecule has 0 aromatic heterocycles. The van der Waals surface area contributed by atoms with E-state index in [9.17, 15) is 0 Å². The fourth-order valence-electron chi connectivity index (χ4n) is 2.27. The van der Waals surface area contributed by atoms with Crippen molar-refractivity contribution in [2.24, 2.45) is 0 Å². The van der Waals surface area contributed by atoms with E-state index in [2.05, 4.69) is 27.0 Å². The topological polar surface area (TPSA) is 0 Å². The van der Waals surface area contributed by atoms with E-state index in [0.717, 1.165) is 0 Å². The summed E-state index contributed by atoms with van der Waals surface area (Å²) in [6.07, 6.45) is 16.5. The largest absolute Gasteiger partial charge is 0.100 e. The highest BCUT2D eigenvalue weighted by atomic mass is 14.0. The smallest absolute Gasteiger partial charge is 0.0326 e. The molecule has 0 aliphatic heterocycles. The maximum atomic E-state index is 3.94. The van der Waals surface area contributed by atoms with Crippen molar-refractivity contribution in [1.29, 1.82) is 0 Å². The zero-order chi connectivity index (χ0) is 13.6. The van der Waals surface area contributed by atoms with Gasteiger partial charge in [0.1, 0.15) is 0 Å². The van der Waals surface area contributed by atoms with E-state index >= 15 is 0 Å². The minimum atomic E-state index is 1.22. The van der Waals surface area contributed by atoms with Crippen LogP contribution >= 0.6 is 0 Å². The molecule has 0 bridgehead atoms. The summed E-state index contributed by atoms with van der Waals surface area (Å²) in [7, 11) is 0. The van der Waals surface area contributed by atoms with Crippen molar-refractivity contribution in [2.45, 2.75) is 90.9 Å². The second-order valence-corrected chi connectivity index (χ2v) is 5.95. The lowest BCUT2D eigenvalue weighted by Crippen LogP contribution is -1.83. The normalized spacial score (nSPS) is 10.6. The Hall–Kier alpha value is -0.520. The van der Waals surface area contributed by atoms with Crippen LogP contribution in [0.1, 0.15) is 90.9 Å². The third-order valence-electron chi connectivity index (χ3n) is 3.46. The van der Waals surface area contributed by atoms with E-state index in [1.54, 1.807) is 0 Å². The molecule has 0 aliphatic rings. The zero-order valence-electron chi connectivity index (χ0n) is 12.9. The first-order valence-corrected chi connectivity index (χ1v) is 7.91. The van der Waals surface area contributed by atoms with E-state index < -0.39 is 0 Å². The van der Waals surface area contributed by atoms with Gasteiger partial charge in [-0.05, 0) is 39.5 Å². The monoisotopic (exact) mass is 250 g/mol. The van der Waals surface area contributed by atoms with E-state index in [-0.39, 0.29) is 0 Å². The molecule has 0 nitrogen and oxygen atoms in total. The molecule has 0 N–H and O–H groups in total. The molecule has 18 heavy (non-hydrogen) atoms. The molecule has 0 rings (SSSR count). The molecule has 0 aromatic carbocycles. The van der Waals surface area contributed by atoms with Gasteiger partial charge in [-0.15, -0.1) is 13.2 Å². The lowest BCUT2D eigenvalue weighted by Gasteiger charge is -2.03. The summed E-state index contributed by atoms with van der Waals surface area (Å²) in [6, 6.07) is 0. The molecule has 106 valence electrons. The highest BCUT2D eigenvalue weighted by molar-refractivity contribution is 4.87. The van der Waals surface area contributed by atoms with Gasteiger partial charge in [0.05, 0.1) is 0 Å². The van der Waals surface area contributed by atoms with Crippen LogP contribution in [0.3, 0.4) is 0 Å². The van der Waals surface area contributed by atoms with Gasteiger partial charge in [-0.25, -0.2) is 0 Å². The molecular weight excluding hydrogens is 216 g/mol. The van der Waals surface area contributed by atoms with Crippen LogP contribution in [0.2, 0.25) is 0 Å². The van der Waals surface area contributed by atoms with Gasteiger partial charge in [-0.3, -0.25) is 0 Å². The fraction of sp³-hybridized carbons (Fsp3) is 0.778. The minimum Gasteiger partial charge on any atom is -0.100 e. The summed E-state index contributed by atoms with van der Waals surface area (Å²) in [4.78, 5) is 0. The van der Waals surface area contributed by atoms with Crippen molar-refractivity contribution in [1.82, 2.24) is 0 Å². The number of hydrogen-bond acceptors (Lipinski definition) is 0. The van der Waals surface area contributed by atoms with Gasteiger partial charge >= 0.3 is 0 Å². The van der Waals surface area contributed by atoms with Crippen molar-refractivity contribution in [3.05, 3.63) is 24.3 Å². The highest BCUT2D eigenvalue weighted by Crippen LogP contribution is 2.13. The van der Waals surface area contributed by atoms with Crippen molar-refractivity contribution >= 4 is 0 Å². The van der Waals surface area contributed by atoms with Crippen LogP contribution in [0.4, 0.5) is 0 Å². The summed E-state index contributed by atoms with van der Waals surface area (Å²) >= 11 is 0. The molecule has 0 aromatic rings. The van der Waals surface area contributed by atoms with Crippen LogP contribution in [0, 0.1) is 0 Å². The maximum Gasteiger partial charge on any atom is -0.0326 e. The minimum absolute atomic E-state index is 1.22. The van der Waals surface area contributed by atoms with Gasteiger partial charge in [0.2, 0.25) is 0 Å². The molecule has 0 radical (unpaired) electrons. The molecule has 0 aliphatic carbocycles. The highest BCUT2D eigenvalue weighted by Gasteiger charge is 1.94. The summed E-state index contributed by atoms with van der Waals surface area (Å²) in [6.45, 7) is 12.2. The Balaban J connectivity index is 2.99. The number of rotatable bonds is 13. The Bertz CT molecular complexity index is 188. The van der Waals surface area contributed by atoms with Crippen LogP contribution in [0.5, 0.6) is 0 Å². The van der Waals surface area contributed by atoms with Crippen LogP contribution in [-0.4, -0.2) is 0 Å². The summed E-state index contributed by atoms with van der Waals surface area (Å²) in [5, 5.41) is 0. The lowest BCUT2D eigenvalue weighted by molar-refractivity contribution is 0.551. The van der Waals surface area contributed by atoms with Crippen molar-refractivity contribution in [3.63, 3.8) is 0 Å². The maximum absolute atomic E-state index is 3.94. The average molecular weight is 250 g/mol. The lowest BCUT2D eigenvalue weighted by atomic mass is 10.0. The predicted octanol–water partition coefficient (Wildman–Crippen LogP) is 6.82. The predicted molar refractivity (Wildman–Crippen MR) is 85.0 cm³/mol. The van der Waals surface area contributed by atoms with Crippen molar-refractivity contribution in [3.8, 4) is 0 Å². The third kappa shape index (κ3) is 15.5. The van der Waals surface area contributed by atoms with Crippen molar-refractivity contribution < 1.29 is 0 Å². The second kappa shape index (κ2) is 12.9. The molecular formula is C18H34. The van der Waals surface area contributed by atoms with Gasteiger partial charge < -0.3 is 0 Å². The summed E-state index contributed by atoms with van der Waals surface area (Å²) in [5.74, 6) is 0. The van der Waals surface area contributed by atoms with Crippen LogP contribution in [0.25, 0.3) is 0 Å². The Morgan fingerprint density at radius 2 is 0.722 bits per heavy atom. The number of unbranched alkanes of at least 4 members (excludes halogenated alkanes) is 9. The first-order valence-electron chi connectivity index (χ1n) is 7.91. The number of hydrogen-bond donors (Lipinski definition) is 0. The molecule has 0 amide bonds. The van der Waals surface area contributed by atoms with Gasteiger partial charge in [0.25, 0.3) is 0 Å². The van der Waals surface area contributed by atoms with Gasteiger partial charge in [-0.2, -0.15) is 0 Å². The molecule has 0 saturated carbocycles. The Morgan fingerprint density at radius 3 is 0.944 bits per heavy atom. The molecule has 0 saturated heterocycles. The summed E-state index contributed by atoms with van der Waals surface area (Å²) in [5.41, 5.74) is 2.68. The molecule has 0 spiro atoms. The average Bonchev–Trinajstić information content (AvgIpc) is 2.29. The molecule has 0 fully saturated rings. The first kappa shape index (κ1) is 17.5. The first-order chi connectivity index (χ1) is 8.63. The SMILES string of the molecule is C=C(C)CCCCCCCCCCCCC(=C)C. The Morgan fingerprint density at radius 1 is 0.500 bits per heavy atom. The molecule has 0 heteroatoms. The molecule has 0 atom stereocenters. The van der Waals surface area contributed by atoms with Gasteiger partial charge in [0, 0.05) is 0 Å². The van der Waals surface area contributed by atoms with Gasteiger partial charge in [0.15, 0.2) is 0 Å². The quantitative estimate of drug-likeness (QED) is 0.248. The number of allylic oxidation sites excluding steroid dienone is 2. The van der Waals surface area contributed by atoms with Crippen LogP contribution < -0.4 is 0 Å². The van der Waals surface area contributed by atoms with E-state index in [4.69, 9.17) is 0 Å². The summed E-state index contributed by atoms with van der Waals surface area (Å²) < 4.78 is 0. The van der Waals surface area contributed by atoms with Crippen LogP contribution in [0.15, 0.2) is 24.3 Å². The van der Waals surface area contributed by atoms with E-state index in [1.807, 2.05) is 0 Å². The van der Waals surface area contributed by atoms with E-state index in [0.29, 0.717) is 0 Å². The Labute approximate surface area is 116 Å². The standard InChI is InChI=1S/C18H34/c1-17(2)15-13-11-9-7-5-6-8-10-12-14-16-18(3)4/h1,3,5-16H2,2,4H3. The fourth-order valence-corrected chi connectivity index (χ4v) is 2.27. The van der Waals surface area contributed by atoms with Crippen molar-refractivity contribution in [2.75, 3.05) is 0 Å². The van der Waals surface area contributed by atoms with E-state index in [1.165, 1.54) is 88.2 Å². The third-order valence-corrected chi connectivity index (χ3v) is 3.46. The second-order valence-electron chi connectivity index (χ2n) is 5.95. The zero-order valence-corrected chi connectivity index (χ0v) is 12.9. The van der Waals surface area contributed by atoms with Gasteiger partial charge in [-0.1, -0.05) is 62.5 Å². The molecule has 0 unspecified atom stereocenters.